The van der Waals surface area contributed by atoms with E-state index in [4.69, 9.17) is 0 Å². The molecule has 3 heterocycles. The van der Waals surface area contributed by atoms with Gasteiger partial charge in [0.15, 0.2) is 5.13 Å². The third-order valence-corrected chi connectivity index (χ3v) is 7.29. The molecular weight excluding hydrogens is 415 g/mol. The summed E-state index contributed by atoms with van der Waals surface area (Å²) in [5.41, 5.74) is 1.23. The fourth-order valence-electron chi connectivity index (χ4n) is 4.55. The van der Waals surface area contributed by atoms with Crippen LogP contribution in [0.5, 0.6) is 5.75 Å². The van der Waals surface area contributed by atoms with Crippen molar-refractivity contribution in [3.05, 3.63) is 48.3 Å². The number of thiazole rings is 1. The predicted molar refractivity (Wildman–Crippen MR) is 121 cm³/mol. The summed E-state index contributed by atoms with van der Waals surface area (Å²) in [5, 5.41) is 10.9. The molecular formula is C23H25FN4O2S. The van der Waals surface area contributed by atoms with E-state index in [1.807, 2.05) is 29.2 Å². The number of halogens is 1. The zero-order valence-corrected chi connectivity index (χ0v) is 18.0. The lowest BCUT2D eigenvalue weighted by Gasteiger charge is -2.39. The Labute approximate surface area is 184 Å². The van der Waals surface area contributed by atoms with E-state index in [9.17, 15) is 14.3 Å². The Morgan fingerprint density at radius 3 is 2.61 bits per heavy atom. The number of rotatable bonds is 3. The van der Waals surface area contributed by atoms with Crippen molar-refractivity contribution < 1.29 is 14.3 Å². The molecule has 1 atom stereocenters. The summed E-state index contributed by atoms with van der Waals surface area (Å²) in [6.07, 6.45) is 1.79. The number of aromatic hydroxyl groups is 1. The van der Waals surface area contributed by atoms with Gasteiger partial charge in [-0.05, 0) is 37.1 Å². The molecule has 3 aromatic rings. The second kappa shape index (κ2) is 8.34. The largest absolute Gasteiger partial charge is 0.506 e. The fourth-order valence-corrected chi connectivity index (χ4v) is 5.56. The Balaban J connectivity index is 1.24. The molecule has 1 aromatic heterocycles. The zero-order valence-electron chi connectivity index (χ0n) is 17.2. The van der Waals surface area contributed by atoms with E-state index in [1.165, 1.54) is 17.4 Å². The van der Waals surface area contributed by atoms with E-state index < -0.39 is 0 Å². The Morgan fingerprint density at radius 2 is 1.84 bits per heavy atom. The Hall–Kier alpha value is -2.87. The van der Waals surface area contributed by atoms with Crippen LogP contribution in [0.15, 0.2) is 42.5 Å². The molecule has 1 N–H and O–H groups in total. The van der Waals surface area contributed by atoms with Gasteiger partial charge in [0.1, 0.15) is 17.1 Å². The second-order valence-corrected chi connectivity index (χ2v) is 9.18. The van der Waals surface area contributed by atoms with Gasteiger partial charge in [-0.1, -0.05) is 29.5 Å². The van der Waals surface area contributed by atoms with Gasteiger partial charge >= 0.3 is 0 Å². The molecule has 2 fully saturated rings. The summed E-state index contributed by atoms with van der Waals surface area (Å²) in [7, 11) is 0. The monoisotopic (exact) mass is 440 g/mol. The van der Waals surface area contributed by atoms with Gasteiger partial charge in [-0.15, -0.1) is 0 Å². The molecule has 2 aliphatic heterocycles. The molecule has 1 unspecified atom stereocenters. The van der Waals surface area contributed by atoms with Crippen molar-refractivity contribution in [3.63, 3.8) is 0 Å². The second-order valence-electron chi connectivity index (χ2n) is 8.17. The smallest absolute Gasteiger partial charge is 0.227 e. The molecule has 1 amide bonds. The minimum atomic E-state index is -0.299. The molecule has 162 valence electrons. The maximum absolute atomic E-state index is 14.0. The first-order chi connectivity index (χ1) is 15.1. The zero-order chi connectivity index (χ0) is 21.4. The first-order valence-electron chi connectivity index (χ1n) is 10.7. The molecule has 8 heteroatoms. The molecule has 2 saturated heterocycles. The highest BCUT2D eigenvalue weighted by Gasteiger charge is 2.32. The average molecular weight is 441 g/mol. The summed E-state index contributed by atoms with van der Waals surface area (Å²) >= 11 is 1.49. The van der Waals surface area contributed by atoms with Gasteiger partial charge in [-0.25, -0.2) is 9.37 Å². The molecule has 0 spiro atoms. The molecule has 0 saturated carbocycles. The maximum atomic E-state index is 14.0. The number of para-hydroxylation sites is 3. The first-order valence-corrected chi connectivity index (χ1v) is 11.5. The quantitative estimate of drug-likeness (QED) is 0.673. The highest BCUT2D eigenvalue weighted by molar-refractivity contribution is 7.22. The van der Waals surface area contributed by atoms with Crippen molar-refractivity contribution in [1.82, 2.24) is 9.88 Å². The van der Waals surface area contributed by atoms with E-state index in [-0.39, 0.29) is 23.4 Å². The van der Waals surface area contributed by atoms with Crippen LogP contribution < -0.4 is 9.80 Å². The van der Waals surface area contributed by atoms with Crippen molar-refractivity contribution >= 4 is 38.3 Å². The van der Waals surface area contributed by atoms with Crippen LogP contribution in [0.4, 0.5) is 15.2 Å². The Kier molecular flexibility index (Phi) is 5.40. The minimum absolute atomic E-state index is 0.0673. The molecule has 31 heavy (non-hydrogen) atoms. The number of piperidine rings is 1. The lowest BCUT2D eigenvalue weighted by Crippen LogP contribution is -2.52. The van der Waals surface area contributed by atoms with E-state index in [0.717, 1.165) is 34.9 Å². The number of hydrogen-bond acceptors (Lipinski definition) is 6. The molecule has 6 nitrogen and oxygen atoms in total. The van der Waals surface area contributed by atoms with E-state index in [1.54, 1.807) is 12.1 Å². The van der Waals surface area contributed by atoms with Crippen molar-refractivity contribution in [3.8, 4) is 5.75 Å². The van der Waals surface area contributed by atoms with E-state index >= 15 is 0 Å². The molecule has 2 aliphatic rings. The lowest BCUT2D eigenvalue weighted by atomic mass is 9.96. The van der Waals surface area contributed by atoms with Gasteiger partial charge in [0.25, 0.3) is 0 Å². The number of anilines is 2. The van der Waals surface area contributed by atoms with Crippen molar-refractivity contribution in [2.75, 3.05) is 49.1 Å². The van der Waals surface area contributed by atoms with Crippen LogP contribution in [0, 0.1) is 11.7 Å². The van der Waals surface area contributed by atoms with Crippen molar-refractivity contribution in [2.24, 2.45) is 5.92 Å². The van der Waals surface area contributed by atoms with Gasteiger partial charge in [0.2, 0.25) is 5.91 Å². The van der Waals surface area contributed by atoms with Crippen LogP contribution >= 0.6 is 11.3 Å². The number of piperazine rings is 1. The minimum Gasteiger partial charge on any atom is -0.506 e. The van der Waals surface area contributed by atoms with Crippen molar-refractivity contribution in [2.45, 2.75) is 12.8 Å². The highest BCUT2D eigenvalue weighted by Crippen LogP contribution is 2.33. The predicted octanol–water partition coefficient (Wildman–Crippen LogP) is 3.71. The molecule has 0 bridgehead atoms. The van der Waals surface area contributed by atoms with Gasteiger partial charge < -0.3 is 19.8 Å². The van der Waals surface area contributed by atoms with Crippen LogP contribution in [0.3, 0.4) is 0 Å². The SMILES string of the molecule is O=C(C1CCCN(c2nc3c(F)cccc3s2)C1)N1CCN(c2ccccc2O)CC1. The molecule has 5 rings (SSSR count). The van der Waals surface area contributed by atoms with Gasteiger partial charge in [0.05, 0.1) is 16.3 Å². The average Bonchev–Trinajstić information content (AvgIpc) is 3.25. The summed E-state index contributed by atoms with van der Waals surface area (Å²) < 4.78 is 14.9. The van der Waals surface area contributed by atoms with E-state index in [0.29, 0.717) is 38.2 Å². The normalized spacial score (nSPS) is 19.8. The van der Waals surface area contributed by atoms with Crippen LogP contribution in [0.2, 0.25) is 0 Å². The number of aromatic nitrogens is 1. The summed E-state index contributed by atoms with van der Waals surface area (Å²) in [4.78, 5) is 23.9. The first kappa shape index (κ1) is 20.1. The lowest BCUT2D eigenvalue weighted by molar-refractivity contribution is -0.136. The number of phenols is 1. The topological polar surface area (TPSA) is 59.9 Å². The highest BCUT2D eigenvalue weighted by atomic mass is 32.1. The Morgan fingerprint density at radius 1 is 1.03 bits per heavy atom. The maximum Gasteiger partial charge on any atom is 0.227 e. The van der Waals surface area contributed by atoms with Gasteiger partial charge in [-0.2, -0.15) is 0 Å². The molecule has 0 aliphatic carbocycles. The number of phenolic OH excluding ortho intramolecular Hbond substituents is 1. The number of amides is 1. The Bertz CT molecular complexity index is 1100. The summed E-state index contributed by atoms with van der Waals surface area (Å²) in [6.45, 7) is 4.17. The summed E-state index contributed by atoms with van der Waals surface area (Å²) in [5.74, 6) is 0.0978. The molecule has 2 aromatic carbocycles. The van der Waals surface area contributed by atoms with Crippen molar-refractivity contribution in [1.29, 1.82) is 0 Å². The molecule has 0 radical (unpaired) electrons. The van der Waals surface area contributed by atoms with Crippen LogP contribution in [0.25, 0.3) is 10.2 Å². The number of nitrogens with zero attached hydrogens (tertiary/aromatic N) is 4. The standard InChI is InChI=1S/C23H25FN4O2S/c24-17-6-3-9-20-21(17)25-23(31-20)28-10-4-5-16(15-28)22(30)27-13-11-26(12-14-27)18-7-1-2-8-19(18)29/h1-3,6-9,16,29H,4-5,10-15H2. The number of fused-ring (bicyclic) bond motifs is 1. The summed E-state index contributed by atoms with van der Waals surface area (Å²) in [6, 6.07) is 12.4. The number of hydrogen-bond donors (Lipinski definition) is 1. The van der Waals surface area contributed by atoms with Crippen LogP contribution in [-0.4, -0.2) is 60.2 Å². The number of carbonyl (C=O) groups is 1. The third kappa shape index (κ3) is 3.92. The number of carbonyl (C=O) groups excluding carboxylic acids is 1. The third-order valence-electron chi connectivity index (χ3n) is 6.21. The van der Waals surface area contributed by atoms with Crippen LogP contribution in [-0.2, 0) is 4.79 Å². The van der Waals surface area contributed by atoms with Gasteiger partial charge in [0, 0.05) is 39.3 Å². The number of benzene rings is 2. The van der Waals surface area contributed by atoms with Gasteiger partial charge in [-0.3, -0.25) is 4.79 Å². The van der Waals surface area contributed by atoms with Crippen LogP contribution in [0.1, 0.15) is 12.8 Å². The van der Waals surface area contributed by atoms with E-state index in [2.05, 4.69) is 14.8 Å². The fraction of sp³-hybridized carbons (Fsp3) is 0.391.